The molecule has 0 atom stereocenters. The Morgan fingerprint density at radius 3 is 2.68 bits per heavy atom. The molecule has 19 heavy (non-hydrogen) atoms. The molecule has 0 aliphatic carbocycles. The van der Waals surface area contributed by atoms with Crippen LogP contribution in [0.4, 0.5) is 0 Å². The van der Waals surface area contributed by atoms with Gasteiger partial charge in [-0.05, 0) is 37.2 Å². The number of rotatable bonds is 9. The van der Waals surface area contributed by atoms with Gasteiger partial charge in [0.1, 0.15) is 12.4 Å². The summed E-state index contributed by atoms with van der Waals surface area (Å²) in [5.41, 5.74) is 1.00. The number of hydrogen-bond donors (Lipinski definition) is 1. The van der Waals surface area contributed by atoms with Gasteiger partial charge in [-0.2, -0.15) is 0 Å². The number of carbonyl (C=O) groups is 1. The zero-order valence-electron chi connectivity index (χ0n) is 11.8. The first kappa shape index (κ1) is 15.5. The lowest BCUT2D eigenvalue weighted by Gasteiger charge is -2.18. The number of benzene rings is 1. The van der Waals surface area contributed by atoms with Gasteiger partial charge in [0.05, 0.1) is 0 Å². The number of carboxylic acid groups (broad SMARTS) is 1. The molecule has 0 bridgehead atoms. The average molecular weight is 265 g/mol. The van der Waals surface area contributed by atoms with E-state index in [-0.39, 0.29) is 6.42 Å². The second kappa shape index (κ2) is 8.53. The first-order valence-corrected chi connectivity index (χ1v) is 6.81. The zero-order valence-corrected chi connectivity index (χ0v) is 11.8. The molecule has 0 fully saturated rings. The van der Waals surface area contributed by atoms with Crippen LogP contribution in [0.2, 0.25) is 0 Å². The van der Waals surface area contributed by atoms with Crippen molar-refractivity contribution >= 4 is 5.97 Å². The lowest BCUT2D eigenvalue weighted by Crippen LogP contribution is -2.27. The molecule has 0 unspecified atom stereocenters. The summed E-state index contributed by atoms with van der Waals surface area (Å²) in [5.74, 6) is 0.0444. The molecule has 1 rings (SSSR count). The number of likely N-dealkylation sites (N-methyl/N-ethyl adjacent to an activating group) is 1. The van der Waals surface area contributed by atoms with Crippen molar-refractivity contribution in [2.24, 2.45) is 0 Å². The van der Waals surface area contributed by atoms with E-state index in [0.29, 0.717) is 13.0 Å². The first-order chi connectivity index (χ1) is 9.15. The van der Waals surface area contributed by atoms with E-state index in [9.17, 15) is 4.79 Å². The molecule has 0 spiro atoms. The molecule has 0 heterocycles. The highest BCUT2D eigenvalue weighted by Gasteiger charge is 2.02. The summed E-state index contributed by atoms with van der Waals surface area (Å²) >= 11 is 0. The lowest BCUT2D eigenvalue weighted by molar-refractivity contribution is -0.136. The van der Waals surface area contributed by atoms with Gasteiger partial charge in [0, 0.05) is 13.0 Å². The highest BCUT2D eigenvalue weighted by molar-refractivity contribution is 5.67. The monoisotopic (exact) mass is 265 g/mol. The fraction of sp³-hybridized carbons (Fsp3) is 0.533. The van der Waals surface area contributed by atoms with Crippen molar-refractivity contribution < 1.29 is 14.6 Å². The maximum atomic E-state index is 10.5. The summed E-state index contributed by atoms with van der Waals surface area (Å²) < 4.78 is 5.70. The quantitative estimate of drug-likeness (QED) is 0.745. The smallest absolute Gasteiger partial charge is 0.303 e. The van der Waals surface area contributed by atoms with E-state index in [2.05, 4.69) is 18.7 Å². The van der Waals surface area contributed by atoms with Gasteiger partial charge in [0.25, 0.3) is 0 Å². The summed E-state index contributed by atoms with van der Waals surface area (Å²) in [6.45, 7) is 7.89. The van der Waals surface area contributed by atoms with Crippen molar-refractivity contribution in [1.82, 2.24) is 4.90 Å². The van der Waals surface area contributed by atoms with Crippen LogP contribution in [-0.4, -0.2) is 42.2 Å². The molecule has 0 aliphatic heterocycles. The van der Waals surface area contributed by atoms with Crippen LogP contribution in [0.15, 0.2) is 24.3 Å². The fourth-order valence-corrected chi connectivity index (χ4v) is 1.87. The van der Waals surface area contributed by atoms with Gasteiger partial charge in [0.2, 0.25) is 0 Å². The highest BCUT2D eigenvalue weighted by atomic mass is 16.5. The molecule has 1 N–H and O–H groups in total. The van der Waals surface area contributed by atoms with Crippen LogP contribution < -0.4 is 4.74 Å². The Morgan fingerprint density at radius 1 is 1.32 bits per heavy atom. The maximum Gasteiger partial charge on any atom is 0.303 e. The van der Waals surface area contributed by atoms with Gasteiger partial charge in [-0.1, -0.05) is 26.0 Å². The molecule has 4 nitrogen and oxygen atoms in total. The van der Waals surface area contributed by atoms with Crippen molar-refractivity contribution in [3.8, 4) is 5.75 Å². The average Bonchev–Trinajstić information content (AvgIpc) is 2.42. The lowest BCUT2D eigenvalue weighted by atomic mass is 10.1. The van der Waals surface area contributed by atoms with Crippen molar-refractivity contribution in [2.75, 3.05) is 26.2 Å². The van der Waals surface area contributed by atoms with Gasteiger partial charge in [0.15, 0.2) is 0 Å². The van der Waals surface area contributed by atoms with Crippen LogP contribution in [0, 0.1) is 0 Å². The molecule has 106 valence electrons. The Kier molecular flexibility index (Phi) is 6.97. The van der Waals surface area contributed by atoms with Gasteiger partial charge in [-0.25, -0.2) is 0 Å². The molecular formula is C15H23NO3. The third-order valence-electron chi connectivity index (χ3n) is 3.10. The largest absolute Gasteiger partial charge is 0.492 e. The topological polar surface area (TPSA) is 49.8 Å². The second-order valence-electron chi connectivity index (χ2n) is 4.42. The Bertz CT molecular complexity index is 389. The Morgan fingerprint density at radius 2 is 2.05 bits per heavy atom. The van der Waals surface area contributed by atoms with E-state index in [1.807, 2.05) is 24.3 Å². The van der Waals surface area contributed by atoms with Crippen LogP contribution in [0.5, 0.6) is 5.75 Å². The number of aryl methyl sites for hydroxylation is 1. The SMILES string of the molecule is CCN(CC)CCOc1cccc(CCC(=O)O)c1. The van der Waals surface area contributed by atoms with Crippen LogP contribution in [0.3, 0.4) is 0 Å². The minimum Gasteiger partial charge on any atom is -0.492 e. The molecule has 0 saturated carbocycles. The minimum atomic E-state index is -0.771. The Balaban J connectivity index is 2.41. The number of ether oxygens (including phenoxy) is 1. The number of carboxylic acids is 1. The predicted molar refractivity (Wildman–Crippen MR) is 75.7 cm³/mol. The number of hydrogen-bond acceptors (Lipinski definition) is 3. The standard InChI is InChI=1S/C15H23NO3/c1-3-16(4-2)10-11-19-14-7-5-6-13(12-14)8-9-15(17)18/h5-7,12H,3-4,8-11H2,1-2H3,(H,17,18). The van der Waals surface area contributed by atoms with Gasteiger partial charge < -0.3 is 14.7 Å². The molecule has 4 heteroatoms. The third kappa shape index (κ3) is 6.25. The first-order valence-electron chi connectivity index (χ1n) is 6.81. The fourth-order valence-electron chi connectivity index (χ4n) is 1.87. The van der Waals surface area contributed by atoms with Crippen molar-refractivity contribution in [3.05, 3.63) is 29.8 Å². The zero-order chi connectivity index (χ0) is 14.1. The van der Waals surface area contributed by atoms with Crippen molar-refractivity contribution in [1.29, 1.82) is 0 Å². The highest BCUT2D eigenvalue weighted by Crippen LogP contribution is 2.14. The Hall–Kier alpha value is -1.55. The van der Waals surface area contributed by atoms with Crippen LogP contribution in [0.1, 0.15) is 25.8 Å². The summed E-state index contributed by atoms with van der Waals surface area (Å²) in [6.07, 6.45) is 0.700. The summed E-state index contributed by atoms with van der Waals surface area (Å²) in [6, 6.07) is 7.67. The van der Waals surface area contributed by atoms with Gasteiger partial charge >= 0.3 is 5.97 Å². The number of nitrogens with zero attached hydrogens (tertiary/aromatic N) is 1. The summed E-state index contributed by atoms with van der Waals surface area (Å²) in [4.78, 5) is 12.8. The van der Waals surface area contributed by atoms with E-state index in [0.717, 1.165) is 30.9 Å². The van der Waals surface area contributed by atoms with E-state index >= 15 is 0 Å². The van der Waals surface area contributed by atoms with Crippen LogP contribution in [0.25, 0.3) is 0 Å². The Labute approximate surface area is 115 Å². The van der Waals surface area contributed by atoms with E-state index in [4.69, 9.17) is 9.84 Å². The summed E-state index contributed by atoms with van der Waals surface area (Å²) in [5, 5.41) is 8.66. The van der Waals surface area contributed by atoms with Gasteiger partial charge in [-0.15, -0.1) is 0 Å². The predicted octanol–water partition coefficient (Wildman–Crippen LogP) is 2.42. The molecule has 1 aromatic rings. The van der Waals surface area contributed by atoms with Crippen molar-refractivity contribution in [3.63, 3.8) is 0 Å². The molecule has 0 radical (unpaired) electrons. The third-order valence-corrected chi connectivity index (χ3v) is 3.10. The van der Waals surface area contributed by atoms with Crippen LogP contribution in [-0.2, 0) is 11.2 Å². The molecule has 0 saturated heterocycles. The number of aliphatic carboxylic acids is 1. The normalized spacial score (nSPS) is 10.7. The maximum absolute atomic E-state index is 10.5. The molecule has 0 aliphatic rings. The van der Waals surface area contributed by atoms with Gasteiger partial charge in [-0.3, -0.25) is 4.79 Å². The molecular weight excluding hydrogens is 242 g/mol. The van der Waals surface area contributed by atoms with E-state index < -0.39 is 5.97 Å². The summed E-state index contributed by atoms with van der Waals surface area (Å²) in [7, 11) is 0. The van der Waals surface area contributed by atoms with Crippen molar-refractivity contribution in [2.45, 2.75) is 26.7 Å². The van der Waals surface area contributed by atoms with E-state index in [1.165, 1.54) is 0 Å². The molecule has 1 aromatic carbocycles. The van der Waals surface area contributed by atoms with E-state index in [1.54, 1.807) is 0 Å². The molecule has 0 aromatic heterocycles. The second-order valence-corrected chi connectivity index (χ2v) is 4.42. The van der Waals surface area contributed by atoms with Crippen LogP contribution >= 0.6 is 0 Å². The minimum absolute atomic E-state index is 0.156. The molecule has 0 amide bonds.